The van der Waals surface area contributed by atoms with Gasteiger partial charge in [0, 0.05) is 28.1 Å². The number of hydrogen-bond acceptors (Lipinski definition) is 7. The van der Waals surface area contributed by atoms with Crippen LogP contribution in [0.1, 0.15) is 96.8 Å². The van der Waals surface area contributed by atoms with Crippen molar-refractivity contribution in [2.45, 2.75) is 88.2 Å². The first kappa shape index (κ1) is 32.5. The normalized spacial score (nSPS) is 34.1. The second-order valence-electron chi connectivity index (χ2n) is 14.2. The first-order chi connectivity index (χ1) is 23.3. The van der Waals surface area contributed by atoms with Crippen LogP contribution in [-0.2, 0) is 18.9 Å². The molecule has 2 spiro atoms. The Hall–Kier alpha value is -4.05. The van der Waals surface area contributed by atoms with E-state index in [1.807, 2.05) is 60.7 Å². The molecule has 8 atom stereocenters. The van der Waals surface area contributed by atoms with Gasteiger partial charge in [0.25, 0.3) is 11.8 Å². The number of nitrogens with zero attached hydrogens (tertiary/aromatic N) is 4. The van der Waals surface area contributed by atoms with Crippen LogP contribution in [0.15, 0.2) is 90.0 Å². The lowest BCUT2D eigenvalue weighted by molar-refractivity contribution is -0.115. The van der Waals surface area contributed by atoms with Crippen LogP contribution in [0.2, 0.25) is 0 Å². The molecule has 3 aromatic carbocycles. The fraction of sp³-hybridized carbons (Fsp3) is 0.474. The summed E-state index contributed by atoms with van der Waals surface area (Å²) in [5, 5.41) is 3.90. The SMILES string of the molecule is C[C@H]1C[C@@H](N2C(=O)c3ccccc3C2=O)C[C@@]2(COC(c3ccccc3)O2)C1.C[C@H]1C[C@@H](N=[N+]=[N-])C[C@@]2(COC(c3ccccc3)O2)C1. The molecule has 2 saturated carbocycles. The highest BCUT2D eigenvalue weighted by molar-refractivity contribution is 6.21. The Morgan fingerprint density at radius 1 is 0.688 bits per heavy atom. The minimum atomic E-state index is -0.460. The van der Waals surface area contributed by atoms with Gasteiger partial charge in [0.15, 0.2) is 12.6 Å². The standard InChI is InChI=1S/C23H23NO4.C15H19N3O2/c1-15-11-17(24-20(25)18-9-5-6-10-19(18)21(24)26)13-23(12-15)14-27-22(28-23)16-7-3-2-4-8-16;1-11-7-13(17-18-16)9-15(8-11)10-19-14(20-15)12-5-3-2-4-6-12/h2-10,15,17,22H,11-14H2,1H3;2-6,11,13-14H,7-10H2,1H3/t15-,17+,22?,23+;11-,13+,14?,15+/m00/s1. The van der Waals surface area contributed by atoms with Gasteiger partial charge in [-0.25, -0.2) is 0 Å². The van der Waals surface area contributed by atoms with Crippen molar-refractivity contribution >= 4 is 11.8 Å². The summed E-state index contributed by atoms with van der Waals surface area (Å²) in [7, 11) is 0. The Labute approximate surface area is 280 Å². The van der Waals surface area contributed by atoms with E-state index in [4.69, 9.17) is 24.5 Å². The Kier molecular flexibility index (Phi) is 9.11. The lowest BCUT2D eigenvalue weighted by Crippen LogP contribution is -2.51. The summed E-state index contributed by atoms with van der Waals surface area (Å²) in [6.07, 6.45) is 4.25. The highest BCUT2D eigenvalue weighted by Crippen LogP contribution is 2.47. The Morgan fingerprint density at radius 2 is 1.17 bits per heavy atom. The van der Waals surface area contributed by atoms with Crippen LogP contribution in [-0.4, -0.2) is 53.2 Å². The van der Waals surface area contributed by atoms with Gasteiger partial charge in [0.1, 0.15) is 0 Å². The molecule has 3 aromatic rings. The Balaban J connectivity index is 0.000000161. The predicted molar refractivity (Wildman–Crippen MR) is 178 cm³/mol. The van der Waals surface area contributed by atoms with Gasteiger partial charge in [-0.2, -0.15) is 0 Å². The van der Waals surface area contributed by atoms with Crippen molar-refractivity contribution in [3.63, 3.8) is 0 Å². The van der Waals surface area contributed by atoms with Crippen LogP contribution in [0.5, 0.6) is 0 Å². The Bertz CT molecular complexity index is 1650. The van der Waals surface area contributed by atoms with Gasteiger partial charge in [-0.15, -0.1) is 0 Å². The zero-order valence-electron chi connectivity index (χ0n) is 27.4. The minimum Gasteiger partial charge on any atom is -0.345 e. The van der Waals surface area contributed by atoms with E-state index in [1.165, 1.54) is 4.90 Å². The summed E-state index contributed by atoms with van der Waals surface area (Å²) in [6.45, 7) is 5.40. The first-order valence-electron chi connectivity index (χ1n) is 17.0. The van der Waals surface area contributed by atoms with Gasteiger partial charge in [-0.1, -0.05) is 91.8 Å². The molecule has 5 aliphatic rings. The van der Waals surface area contributed by atoms with Crippen molar-refractivity contribution in [1.29, 1.82) is 0 Å². The third-order valence-electron chi connectivity index (χ3n) is 10.3. The van der Waals surface area contributed by atoms with E-state index < -0.39 is 11.9 Å². The van der Waals surface area contributed by atoms with Gasteiger partial charge in [0.2, 0.25) is 0 Å². The van der Waals surface area contributed by atoms with E-state index in [2.05, 4.69) is 23.9 Å². The van der Waals surface area contributed by atoms with Crippen molar-refractivity contribution in [1.82, 2.24) is 4.90 Å². The number of ether oxygens (including phenoxy) is 4. The summed E-state index contributed by atoms with van der Waals surface area (Å²) >= 11 is 0. The number of rotatable bonds is 4. The molecular formula is C38H42N4O6. The van der Waals surface area contributed by atoms with E-state index in [-0.39, 0.29) is 35.8 Å². The van der Waals surface area contributed by atoms with Gasteiger partial charge < -0.3 is 18.9 Å². The van der Waals surface area contributed by atoms with Crippen LogP contribution in [0.25, 0.3) is 10.4 Å². The van der Waals surface area contributed by atoms with Crippen LogP contribution >= 0.6 is 0 Å². The molecule has 10 heteroatoms. The number of hydrogen-bond donors (Lipinski definition) is 0. The maximum absolute atomic E-state index is 12.9. The molecule has 3 heterocycles. The lowest BCUT2D eigenvalue weighted by atomic mass is 9.76. The average Bonchev–Trinajstić information content (AvgIpc) is 3.76. The fourth-order valence-corrected chi connectivity index (χ4v) is 8.48. The number of carbonyl (C=O) groups excluding carboxylic acids is 2. The van der Waals surface area contributed by atoms with E-state index in [1.54, 1.807) is 24.3 Å². The smallest absolute Gasteiger partial charge is 0.261 e. The maximum atomic E-state index is 12.9. The molecule has 4 fully saturated rings. The monoisotopic (exact) mass is 650 g/mol. The number of imide groups is 1. The molecule has 2 aliphatic carbocycles. The minimum absolute atomic E-state index is 0.0156. The third-order valence-corrected chi connectivity index (χ3v) is 10.3. The van der Waals surface area contributed by atoms with Crippen molar-refractivity contribution in [3.8, 4) is 0 Å². The molecule has 3 aliphatic heterocycles. The van der Waals surface area contributed by atoms with Gasteiger partial charge in [0.05, 0.1) is 35.5 Å². The Morgan fingerprint density at radius 3 is 1.69 bits per heavy atom. The van der Waals surface area contributed by atoms with E-state index in [0.29, 0.717) is 42.6 Å². The quantitative estimate of drug-likeness (QED) is 0.122. The molecular weight excluding hydrogens is 608 g/mol. The highest BCUT2D eigenvalue weighted by Gasteiger charge is 2.51. The maximum Gasteiger partial charge on any atom is 0.261 e. The van der Waals surface area contributed by atoms with E-state index in [9.17, 15) is 9.59 Å². The van der Waals surface area contributed by atoms with Crippen molar-refractivity contribution in [2.75, 3.05) is 13.2 Å². The molecule has 10 nitrogen and oxygen atoms in total. The largest absolute Gasteiger partial charge is 0.345 e. The molecule has 2 saturated heterocycles. The second-order valence-corrected chi connectivity index (χ2v) is 14.2. The third kappa shape index (κ3) is 6.51. The number of fused-ring (bicyclic) bond motifs is 1. The van der Waals surface area contributed by atoms with Crippen molar-refractivity contribution in [3.05, 3.63) is 118 Å². The van der Waals surface area contributed by atoms with Crippen LogP contribution in [0, 0.1) is 11.8 Å². The summed E-state index contributed by atoms with van der Waals surface area (Å²) in [5.74, 6) is 0.445. The van der Waals surface area contributed by atoms with Gasteiger partial charge in [-0.3, -0.25) is 14.5 Å². The van der Waals surface area contributed by atoms with Crippen LogP contribution < -0.4 is 0 Å². The lowest BCUT2D eigenvalue weighted by Gasteiger charge is -2.42. The van der Waals surface area contributed by atoms with Crippen LogP contribution in [0.3, 0.4) is 0 Å². The zero-order chi connectivity index (χ0) is 33.3. The molecule has 2 unspecified atom stereocenters. The summed E-state index contributed by atoms with van der Waals surface area (Å²) in [6, 6.07) is 26.8. The molecule has 48 heavy (non-hydrogen) atoms. The summed E-state index contributed by atoms with van der Waals surface area (Å²) < 4.78 is 24.5. The van der Waals surface area contributed by atoms with Crippen molar-refractivity contribution < 1.29 is 28.5 Å². The predicted octanol–water partition coefficient (Wildman–Crippen LogP) is 7.93. The summed E-state index contributed by atoms with van der Waals surface area (Å²) in [5.41, 5.74) is 10.9. The first-order valence-corrected chi connectivity index (χ1v) is 17.0. The molecule has 0 N–H and O–H groups in total. The van der Waals surface area contributed by atoms with Gasteiger partial charge >= 0.3 is 0 Å². The fourth-order valence-electron chi connectivity index (χ4n) is 8.48. The highest BCUT2D eigenvalue weighted by atomic mass is 16.7. The van der Waals surface area contributed by atoms with Crippen molar-refractivity contribution in [2.24, 2.45) is 17.0 Å². The topological polar surface area (TPSA) is 123 Å². The van der Waals surface area contributed by atoms with E-state index >= 15 is 0 Å². The molecule has 0 bridgehead atoms. The van der Waals surface area contributed by atoms with E-state index in [0.717, 1.165) is 43.2 Å². The molecule has 0 aromatic heterocycles. The second kappa shape index (κ2) is 13.5. The number of benzene rings is 3. The number of amides is 2. The molecule has 2 amide bonds. The zero-order valence-corrected chi connectivity index (χ0v) is 27.4. The number of azide groups is 1. The van der Waals surface area contributed by atoms with Crippen LogP contribution in [0.4, 0.5) is 0 Å². The summed E-state index contributed by atoms with van der Waals surface area (Å²) in [4.78, 5) is 30.3. The molecule has 0 radical (unpaired) electrons. The average molecular weight is 651 g/mol. The molecule has 250 valence electrons. The number of carbonyl (C=O) groups is 2. The van der Waals surface area contributed by atoms with Gasteiger partial charge in [-0.05, 0) is 68.0 Å². The molecule has 8 rings (SSSR count).